The van der Waals surface area contributed by atoms with Gasteiger partial charge in [0.1, 0.15) is 13.2 Å². The molecule has 2 aliphatic heterocycles. The van der Waals surface area contributed by atoms with Crippen LogP contribution in [-0.2, 0) is 4.74 Å². The first kappa shape index (κ1) is 12.6. The number of nitrogens with zero attached hydrogens (tertiary/aromatic N) is 1. The highest BCUT2D eigenvalue weighted by molar-refractivity contribution is 5.57. The van der Waals surface area contributed by atoms with E-state index in [1.165, 1.54) is 5.69 Å². The predicted molar refractivity (Wildman–Crippen MR) is 73.3 cm³/mol. The van der Waals surface area contributed by atoms with Crippen LogP contribution in [0.4, 0.5) is 5.69 Å². The van der Waals surface area contributed by atoms with Gasteiger partial charge in [0.15, 0.2) is 11.5 Å². The summed E-state index contributed by atoms with van der Waals surface area (Å²) in [5.41, 5.74) is 1.17. The van der Waals surface area contributed by atoms with E-state index in [2.05, 4.69) is 22.3 Å². The van der Waals surface area contributed by atoms with E-state index in [1.807, 2.05) is 6.07 Å². The van der Waals surface area contributed by atoms with E-state index in [4.69, 9.17) is 14.2 Å². The molecule has 0 radical (unpaired) electrons. The topological polar surface area (TPSA) is 43.0 Å². The van der Waals surface area contributed by atoms with Gasteiger partial charge in [0.05, 0.1) is 12.6 Å². The number of ether oxygens (including phenoxy) is 3. The Morgan fingerprint density at radius 2 is 2.16 bits per heavy atom. The molecule has 1 fully saturated rings. The van der Waals surface area contributed by atoms with Crippen LogP contribution in [0.5, 0.6) is 11.5 Å². The molecule has 2 aliphatic rings. The number of piperazine rings is 1. The molecule has 0 aliphatic carbocycles. The molecule has 1 unspecified atom stereocenters. The van der Waals surface area contributed by atoms with E-state index in [9.17, 15) is 0 Å². The second-order valence-corrected chi connectivity index (χ2v) is 4.83. The van der Waals surface area contributed by atoms with Crippen molar-refractivity contribution in [2.75, 3.05) is 51.5 Å². The van der Waals surface area contributed by atoms with Crippen LogP contribution in [0.2, 0.25) is 0 Å². The number of hydrogen-bond acceptors (Lipinski definition) is 5. The highest BCUT2D eigenvalue weighted by Gasteiger charge is 2.23. The van der Waals surface area contributed by atoms with Crippen LogP contribution in [-0.4, -0.2) is 52.6 Å². The number of methoxy groups -OCH3 is 1. The van der Waals surface area contributed by atoms with Crippen molar-refractivity contribution in [2.45, 2.75) is 6.04 Å². The second-order valence-electron chi connectivity index (χ2n) is 4.83. The van der Waals surface area contributed by atoms with Crippen molar-refractivity contribution >= 4 is 5.69 Å². The SMILES string of the molecule is COCC1CNCCN1c1ccc2c(c1)OCCO2. The Bertz CT molecular complexity index is 437. The van der Waals surface area contributed by atoms with Crippen LogP contribution in [0, 0.1) is 0 Å². The highest BCUT2D eigenvalue weighted by Crippen LogP contribution is 2.34. The lowest BCUT2D eigenvalue weighted by atomic mass is 10.1. The molecular weight excluding hydrogens is 244 g/mol. The van der Waals surface area contributed by atoms with Gasteiger partial charge in [0, 0.05) is 38.5 Å². The van der Waals surface area contributed by atoms with Crippen LogP contribution in [0.15, 0.2) is 18.2 Å². The largest absolute Gasteiger partial charge is 0.486 e. The van der Waals surface area contributed by atoms with Gasteiger partial charge in [-0.25, -0.2) is 0 Å². The number of anilines is 1. The van der Waals surface area contributed by atoms with Crippen molar-refractivity contribution in [1.82, 2.24) is 5.32 Å². The zero-order valence-corrected chi connectivity index (χ0v) is 11.2. The van der Waals surface area contributed by atoms with Gasteiger partial charge in [-0.2, -0.15) is 0 Å². The third kappa shape index (κ3) is 2.62. The van der Waals surface area contributed by atoms with Gasteiger partial charge in [-0.1, -0.05) is 0 Å². The standard InChI is InChI=1S/C14H20N2O3/c1-17-10-12-9-15-4-5-16(12)11-2-3-13-14(8-11)19-7-6-18-13/h2-3,8,12,15H,4-7,9-10H2,1H3. The van der Waals surface area contributed by atoms with Crippen LogP contribution in [0.3, 0.4) is 0 Å². The second kappa shape index (κ2) is 5.67. The average molecular weight is 264 g/mol. The summed E-state index contributed by atoms with van der Waals surface area (Å²) in [6.07, 6.45) is 0. The van der Waals surface area contributed by atoms with Crippen molar-refractivity contribution < 1.29 is 14.2 Å². The predicted octanol–water partition coefficient (Wildman–Crippen LogP) is 0.882. The third-order valence-electron chi connectivity index (χ3n) is 3.57. The fourth-order valence-electron chi connectivity index (χ4n) is 2.65. The van der Waals surface area contributed by atoms with Gasteiger partial charge in [0.2, 0.25) is 0 Å². The van der Waals surface area contributed by atoms with E-state index in [0.717, 1.165) is 37.7 Å². The van der Waals surface area contributed by atoms with Gasteiger partial charge >= 0.3 is 0 Å². The lowest BCUT2D eigenvalue weighted by molar-refractivity contribution is 0.168. The van der Waals surface area contributed by atoms with Crippen molar-refractivity contribution in [3.8, 4) is 11.5 Å². The van der Waals surface area contributed by atoms with Crippen molar-refractivity contribution in [2.24, 2.45) is 0 Å². The van der Waals surface area contributed by atoms with E-state index >= 15 is 0 Å². The van der Waals surface area contributed by atoms with Gasteiger partial charge in [-0.05, 0) is 12.1 Å². The maximum atomic E-state index is 5.65. The quantitative estimate of drug-likeness (QED) is 0.878. The third-order valence-corrected chi connectivity index (χ3v) is 3.57. The molecule has 1 N–H and O–H groups in total. The Hall–Kier alpha value is -1.46. The van der Waals surface area contributed by atoms with E-state index in [-0.39, 0.29) is 0 Å². The first-order chi connectivity index (χ1) is 9.38. The highest BCUT2D eigenvalue weighted by atomic mass is 16.6. The van der Waals surface area contributed by atoms with E-state index in [0.29, 0.717) is 19.3 Å². The Labute approximate surface area is 113 Å². The zero-order chi connectivity index (χ0) is 13.1. The summed E-state index contributed by atoms with van der Waals surface area (Å²) in [6, 6.07) is 6.53. The minimum atomic E-state index is 0.362. The molecule has 5 nitrogen and oxygen atoms in total. The molecule has 0 saturated carbocycles. The molecule has 0 bridgehead atoms. The van der Waals surface area contributed by atoms with Crippen molar-refractivity contribution in [1.29, 1.82) is 0 Å². The minimum absolute atomic E-state index is 0.362. The molecule has 1 aromatic carbocycles. The van der Waals surface area contributed by atoms with Crippen molar-refractivity contribution in [3.05, 3.63) is 18.2 Å². The van der Waals surface area contributed by atoms with Gasteiger partial charge in [-0.15, -0.1) is 0 Å². The molecular formula is C14H20N2O3. The number of benzene rings is 1. The fraction of sp³-hybridized carbons (Fsp3) is 0.571. The molecule has 3 rings (SSSR count). The van der Waals surface area contributed by atoms with E-state index < -0.39 is 0 Å². The zero-order valence-electron chi connectivity index (χ0n) is 11.2. The van der Waals surface area contributed by atoms with Crippen LogP contribution >= 0.6 is 0 Å². The normalized spacial score (nSPS) is 22.4. The molecule has 5 heteroatoms. The number of nitrogens with one attached hydrogen (secondary N) is 1. The molecule has 1 saturated heterocycles. The Kier molecular flexibility index (Phi) is 3.75. The molecule has 1 aromatic rings. The van der Waals surface area contributed by atoms with Crippen LogP contribution in [0.25, 0.3) is 0 Å². The van der Waals surface area contributed by atoms with E-state index in [1.54, 1.807) is 7.11 Å². The van der Waals surface area contributed by atoms with Crippen LogP contribution < -0.4 is 19.7 Å². The lowest BCUT2D eigenvalue weighted by Gasteiger charge is -2.38. The minimum Gasteiger partial charge on any atom is -0.486 e. The van der Waals surface area contributed by atoms with Gasteiger partial charge in [-0.3, -0.25) is 0 Å². The summed E-state index contributed by atoms with van der Waals surface area (Å²) in [5, 5.41) is 3.40. The summed E-state index contributed by atoms with van der Waals surface area (Å²) < 4.78 is 16.5. The van der Waals surface area contributed by atoms with Gasteiger partial charge < -0.3 is 24.4 Å². The molecule has 19 heavy (non-hydrogen) atoms. The number of fused-ring (bicyclic) bond motifs is 1. The molecule has 0 amide bonds. The first-order valence-electron chi connectivity index (χ1n) is 6.74. The van der Waals surface area contributed by atoms with Gasteiger partial charge in [0.25, 0.3) is 0 Å². The van der Waals surface area contributed by atoms with Crippen molar-refractivity contribution in [3.63, 3.8) is 0 Å². The summed E-state index contributed by atoms with van der Waals surface area (Å²) in [4.78, 5) is 2.37. The Morgan fingerprint density at radius 3 is 3.00 bits per heavy atom. The Balaban J connectivity index is 1.83. The molecule has 0 aromatic heterocycles. The number of hydrogen-bond donors (Lipinski definition) is 1. The van der Waals surface area contributed by atoms with Crippen LogP contribution in [0.1, 0.15) is 0 Å². The first-order valence-corrected chi connectivity index (χ1v) is 6.74. The molecule has 104 valence electrons. The molecule has 1 atom stereocenters. The Morgan fingerprint density at radius 1 is 1.32 bits per heavy atom. The fourth-order valence-corrected chi connectivity index (χ4v) is 2.65. The maximum absolute atomic E-state index is 5.65. The molecule has 2 heterocycles. The summed E-state index contributed by atoms with van der Waals surface area (Å²) in [5.74, 6) is 1.69. The molecule has 0 spiro atoms. The summed E-state index contributed by atoms with van der Waals surface area (Å²) >= 11 is 0. The average Bonchev–Trinajstić information content (AvgIpc) is 2.48. The lowest BCUT2D eigenvalue weighted by Crippen LogP contribution is -2.53. The maximum Gasteiger partial charge on any atom is 0.163 e. The summed E-state index contributed by atoms with van der Waals surface area (Å²) in [6.45, 7) is 4.90. The smallest absolute Gasteiger partial charge is 0.163 e. The number of rotatable bonds is 3. The summed E-state index contributed by atoms with van der Waals surface area (Å²) in [7, 11) is 1.75. The monoisotopic (exact) mass is 264 g/mol.